The van der Waals surface area contributed by atoms with Crippen LogP contribution in [0.15, 0.2) is 74.7 Å². The quantitative estimate of drug-likeness (QED) is 0.186. The number of hydrogen-bond donors (Lipinski definition) is 0. The first kappa shape index (κ1) is 22.4. The summed E-state index contributed by atoms with van der Waals surface area (Å²) in [4.78, 5) is 22.7. The van der Waals surface area contributed by atoms with Crippen LogP contribution >= 0.6 is 11.8 Å². The first-order valence-electron chi connectivity index (χ1n) is 11.5. The molecule has 34 heavy (non-hydrogen) atoms. The van der Waals surface area contributed by atoms with Crippen molar-refractivity contribution in [2.24, 2.45) is 0 Å². The van der Waals surface area contributed by atoms with Crippen LogP contribution in [-0.2, 0) is 12.3 Å². The number of aromatic nitrogens is 4. The number of ether oxygens (including phenoxy) is 1. The minimum Gasteiger partial charge on any atom is -0.496 e. The van der Waals surface area contributed by atoms with E-state index in [1.165, 1.54) is 30.2 Å². The molecule has 2 aromatic heterocycles. The molecule has 0 fully saturated rings. The highest BCUT2D eigenvalue weighted by atomic mass is 32.2. The van der Waals surface area contributed by atoms with Crippen LogP contribution in [0.4, 0.5) is 0 Å². The van der Waals surface area contributed by atoms with E-state index in [2.05, 4.69) is 16.2 Å². The number of thioether (sulfide) groups is 1. The summed E-state index contributed by atoms with van der Waals surface area (Å²) in [6.45, 7) is 0.612. The predicted octanol–water partition coefficient (Wildman–Crippen LogP) is 5.64. The molecule has 1 aliphatic carbocycles. The van der Waals surface area contributed by atoms with Gasteiger partial charge in [-0.1, -0.05) is 52.8 Å². The molecule has 4 aromatic rings. The minimum absolute atomic E-state index is 0.00949. The Kier molecular flexibility index (Phi) is 6.76. The Bertz CT molecular complexity index is 1390. The highest BCUT2D eigenvalue weighted by Crippen LogP contribution is 2.29. The summed E-state index contributed by atoms with van der Waals surface area (Å²) in [7, 11) is 1.61. The first-order valence-corrected chi connectivity index (χ1v) is 12.5. The van der Waals surface area contributed by atoms with Crippen LogP contribution < -0.4 is 10.3 Å². The smallest absolute Gasteiger partial charge is 0.262 e. The molecule has 7 nitrogen and oxygen atoms in total. The van der Waals surface area contributed by atoms with Gasteiger partial charge in [0.1, 0.15) is 5.75 Å². The standard InChI is InChI=1S/C26H26N4O3S/c1-32-22-14-8-6-12-20(22)24-28-23(33-29-24)17-34-26-27-21-13-7-5-11-19(21)25(31)30(26)16-15-18-9-3-2-4-10-18/h5-9,11-14H,2-4,10,15-17H2,1H3. The zero-order valence-electron chi connectivity index (χ0n) is 19.1. The summed E-state index contributed by atoms with van der Waals surface area (Å²) in [5, 5.41) is 5.42. The Hall–Kier alpha value is -3.39. The SMILES string of the molecule is COc1ccccc1-c1noc(CSc2nc3ccccc3c(=O)n2CCC2=CCCCC2)n1. The van der Waals surface area contributed by atoms with Gasteiger partial charge in [0.2, 0.25) is 11.7 Å². The predicted molar refractivity (Wildman–Crippen MR) is 133 cm³/mol. The van der Waals surface area contributed by atoms with E-state index in [4.69, 9.17) is 14.2 Å². The molecule has 174 valence electrons. The van der Waals surface area contributed by atoms with E-state index < -0.39 is 0 Å². The van der Waals surface area contributed by atoms with E-state index in [1.54, 1.807) is 11.7 Å². The second kappa shape index (κ2) is 10.3. The third-order valence-electron chi connectivity index (χ3n) is 6.01. The summed E-state index contributed by atoms with van der Waals surface area (Å²) in [5.74, 6) is 2.04. The fraction of sp³-hybridized carbons (Fsp3) is 0.308. The van der Waals surface area contributed by atoms with E-state index in [1.807, 2.05) is 48.5 Å². The molecule has 0 radical (unpaired) electrons. The topological polar surface area (TPSA) is 83.0 Å². The molecular weight excluding hydrogens is 448 g/mol. The van der Waals surface area contributed by atoms with Crippen LogP contribution in [0.25, 0.3) is 22.3 Å². The Balaban J connectivity index is 1.40. The summed E-state index contributed by atoms with van der Waals surface area (Å²) in [5.41, 5.74) is 2.89. The second-order valence-electron chi connectivity index (χ2n) is 8.23. The van der Waals surface area contributed by atoms with E-state index in [9.17, 15) is 4.79 Å². The van der Waals surface area contributed by atoms with Gasteiger partial charge in [0, 0.05) is 6.54 Å². The van der Waals surface area contributed by atoms with Gasteiger partial charge in [-0.3, -0.25) is 9.36 Å². The van der Waals surface area contributed by atoms with Crippen molar-refractivity contribution in [2.75, 3.05) is 7.11 Å². The summed E-state index contributed by atoms with van der Waals surface area (Å²) in [6.07, 6.45) is 7.92. The zero-order valence-corrected chi connectivity index (χ0v) is 19.9. The van der Waals surface area contributed by atoms with Gasteiger partial charge in [-0.25, -0.2) is 4.98 Å². The second-order valence-corrected chi connectivity index (χ2v) is 9.17. The molecule has 0 saturated carbocycles. The Morgan fingerprint density at radius 3 is 2.79 bits per heavy atom. The van der Waals surface area contributed by atoms with Gasteiger partial charge >= 0.3 is 0 Å². The summed E-state index contributed by atoms with van der Waals surface area (Å²) >= 11 is 1.44. The van der Waals surface area contributed by atoms with Crippen molar-refractivity contribution in [1.82, 2.24) is 19.7 Å². The molecule has 0 aliphatic heterocycles. The number of hydrogen-bond acceptors (Lipinski definition) is 7. The highest BCUT2D eigenvalue weighted by molar-refractivity contribution is 7.98. The Morgan fingerprint density at radius 2 is 1.94 bits per heavy atom. The molecule has 0 unspecified atom stereocenters. The van der Waals surface area contributed by atoms with Gasteiger partial charge in [-0.2, -0.15) is 4.98 Å². The van der Waals surface area contributed by atoms with Crippen molar-refractivity contribution in [3.8, 4) is 17.1 Å². The van der Waals surface area contributed by atoms with Gasteiger partial charge in [0.15, 0.2) is 5.16 Å². The van der Waals surface area contributed by atoms with E-state index in [-0.39, 0.29) is 5.56 Å². The highest BCUT2D eigenvalue weighted by Gasteiger charge is 2.16. The average molecular weight is 475 g/mol. The van der Waals surface area contributed by atoms with Gasteiger partial charge in [-0.05, 0) is 56.4 Å². The van der Waals surface area contributed by atoms with Crippen LogP contribution in [0.1, 0.15) is 38.0 Å². The lowest BCUT2D eigenvalue weighted by atomic mass is 9.97. The molecule has 5 rings (SSSR count). The molecule has 0 spiro atoms. The molecule has 0 N–H and O–H groups in total. The molecule has 0 amide bonds. The Labute approximate surface area is 201 Å². The normalized spacial score (nSPS) is 13.7. The van der Waals surface area contributed by atoms with Crippen LogP contribution in [0.5, 0.6) is 5.75 Å². The average Bonchev–Trinajstić information content (AvgIpc) is 3.36. The van der Waals surface area contributed by atoms with Gasteiger partial charge < -0.3 is 9.26 Å². The lowest BCUT2D eigenvalue weighted by molar-refractivity contribution is 0.390. The third-order valence-corrected chi connectivity index (χ3v) is 6.97. The van der Waals surface area contributed by atoms with Crippen molar-refractivity contribution in [2.45, 2.75) is 49.6 Å². The van der Waals surface area contributed by atoms with Crippen molar-refractivity contribution in [3.63, 3.8) is 0 Å². The van der Waals surface area contributed by atoms with E-state index >= 15 is 0 Å². The molecule has 1 aliphatic rings. The molecule has 2 heterocycles. The molecule has 0 atom stereocenters. The maximum absolute atomic E-state index is 13.3. The first-order chi connectivity index (χ1) is 16.7. The Morgan fingerprint density at radius 1 is 1.09 bits per heavy atom. The molecule has 2 aromatic carbocycles. The number of allylic oxidation sites excluding steroid dienone is 2. The number of benzene rings is 2. The number of rotatable bonds is 8. The van der Waals surface area contributed by atoms with Crippen molar-refractivity contribution >= 4 is 22.7 Å². The monoisotopic (exact) mass is 474 g/mol. The largest absolute Gasteiger partial charge is 0.496 e. The fourth-order valence-corrected chi connectivity index (χ4v) is 5.08. The zero-order chi connectivity index (χ0) is 23.3. The molecule has 0 saturated heterocycles. The molecular formula is C26H26N4O3S. The van der Waals surface area contributed by atoms with Gasteiger partial charge in [0.05, 0.1) is 29.3 Å². The maximum Gasteiger partial charge on any atom is 0.262 e. The number of para-hydroxylation sites is 2. The lowest BCUT2D eigenvalue weighted by Gasteiger charge is -2.16. The molecule has 8 heteroatoms. The minimum atomic E-state index is -0.00949. The summed E-state index contributed by atoms with van der Waals surface area (Å²) in [6, 6.07) is 15.0. The van der Waals surface area contributed by atoms with Crippen LogP contribution in [0, 0.1) is 0 Å². The number of nitrogens with zero attached hydrogens (tertiary/aromatic N) is 4. The third kappa shape index (κ3) is 4.77. The van der Waals surface area contributed by atoms with Crippen LogP contribution in [0.3, 0.4) is 0 Å². The van der Waals surface area contributed by atoms with E-state index in [0.29, 0.717) is 45.8 Å². The van der Waals surface area contributed by atoms with E-state index in [0.717, 1.165) is 24.8 Å². The van der Waals surface area contributed by atoms with Crippen molar-refractivity contribution < 1.29 is 9.26 Å². The van der Waals surface area contributed by atoms with Crippen molar-refractivity contribution in [1.29, 1.82) is 0 Å². The number of methoxy groups -OCH3 is 1. The van der Waals surface area contributed by atoms with Crippen LogP contribution in [-0.4, -0.2) is 26.8 Å². The van der Waals surface area contributed by atoms with Gasteiger partial charge in [0.25, 0.3) is 5.56 Å². The fourth-order valence-electron chi connectivity index (χ4n) is 4.22. The molecule has 0 bridgehead atoms. The van der Waals surface area contributed by atoms with Crippen molar-refractivity contribution in [3.05, 3.63) is 76.4 Å². The summed E-state index contributed by atoms with van der Waals surface area (Å²) < 4.78 is 12.7. The van der Waals surface area contributed by atoms with Crippen LogP contribution in [0.2, 0.25) is 0 Å². The lowest BCUT2D eigenvalue weighted by Crippen LogP contribution is -2.24. The number of fused-ring (bicyclic) bond motifs is 1. The van der Waals surface area contributed by atoms with Gasteiger partial charge in [-0.15, -0.1) is 0 Å². The maximum atomic E-state index is 13.3.